The molecule has 0 radical (unpaired) electrons. The van der Waals surface area contributed by atoms with Crippen LogP contribution in [0.4, 0.5) is 10.3 Å². The van der Waals surface area contributed by atoms with Crippen LogP contribution in [-0.2, 0) is 14.3 Å². The molecule has 8 heteroatoms. The zero-order chi connectivity index (χ0) is 21.0. The van der Waals surface area contributed by atoms with Crippen molar-refractivity contribution in [2.24, 2.45) is 0 Å². The summed E-state index contributed by atoms with van der Waals surface area (Å²) < 4.78 is 24.8. The van der Waals surface area contributed by atoms with E-state index in [0.717, 1.165) is 11.1 Å². The molecule has 156 valence electrons. The zero-order valence-electron chi connectivity index (χ0n) is 17.3. The van der Waals surface area contributed by atoms with Crippen LogP contribution in [0.3, 0.4) is 0 Å². The third-order valence-electron chi connectivity index (χ3n) is 4.63. The second-order valence-electron chi connectivity index (χ2n) is 7.43. The molecule has 0 bridgehead atoms. The molecule has 1 aromatic heterocycles. The lowest BCUT2D eigenvalue weighted by atomic mass is 10.0. The van der Waals surface area contributed by atoms with Gasteiger partial charge in [-0.3, -0.25) is 4.79 Å². The molecule has 3 rings (SSSR count). The van der Waals surface area contributed by atoms with Gasteiger partial charge < -0.3 is 19.3 Å². The SMILES string of the molecule is CC(C)OCC(=O)N1CCO[C@@H](c2nc(N(C)C)ncc2-c2ccc(F)cc2)C1. The van der Waals surface area contributed by atoms with Crippen molar-refractivity contribution >= 4 is 11.9 Å². The Hall–Kier alpha value is -2.58. The van der Waals surface area contributed by atoms with E-state index in [-0.39, 0.29) is 24.4 Å². The van der Waals surface area contributed by atoms with Crippen molar-refractivity contribution in [1.82, 2.24) is 14.9 Å². The number of morpholine rings is 1. The summed E-state index contributed by atoms with van der Waals surface area (Å²) in [4.78, 5) is 25.1. The van der Waals surface area contributed by atoms with E-state index < -0.39 is 6.10 Å². The van der Waals surface area contributed by atoms with Gasteiger partial charge in [0.1, 0.15) is 18.5 Å². The number of anilines is 1. The van der Waals surface area contributed by atoms with Crippen molar-refractivity contribution in [2.45, 2.75) is 26.1 Å². The Labute approximate surface area is 170 Å². The third-order valence-corrected chi connectivity index (χ3v) is 4.63. The minimum absolute atomic E-state index is 0.00891. The maximum Gasteiger partial charge on any atom is 0.248 e. The summed E-state index contributed by atoms with van der Waals surface area (Å²) in [6.45, 7) is 5.12. The van der Waals surface area contributed by atoms with Crippen molar-refractivity contribution in [2.75, 3.05) is 45.3 Å². The molecule has 0 unspecified atom stereocenters. The fourth-order valence-corrected chi connectivity index (χ4v) is 3.07. The minimum Gasteiger partial charge on any atom is -0.369 e. The average molecular weight is 402 g/mol. The molecular formula is C21H27FN4O3. The van der Waals surface area contributed by atoms with Crippen molar-refractivity contribution < 1.29 is 18.7 Å². The molecular weight excluding hydrogens is 375 g/mol. The molecule has 1 saturated heterocycles. The molecule has 1 aliphatic rings. The Morgan fingerprint density at radius 2 is 2.07 bits per heavy atom. The van der Waals surface area contributed by atoms with E-state index in [4.69, 9.17) is 9.47 Å². The lowest BCUT2D eigenvalue weighted by Gasteiger charge is -2.33. The molecule has 1 amide bonds. The molecule has 2 heterocycles. The Morgan fingerprint density at radius 1 is 1.34 bits per heavy atom. The van der Waals surface area contributed by atoms with Gasteiger partial charge in [-0.1, -0.05) is 12.1 Å². The summed E-state index contributed by atoms with van der Waals surface area (Å²) in [7, 11) is 3.72. The van der Waals surface area contributed by atoms with Crippen LogP contribution in [0.5, 0.6) is 0 Å². The van der Waals surface area contributed by atoms with Crippen molar-refractivity contribution in [3.63, 3.8) is 0 Å². The van der Waals surface area contributed by atoms with Gasteiger partial charge in [0, 0.05) is 32.4 Å². The highest BCUT2D eigenvalue weighted by Gasteiger charge is 2.29. The number of hydrogen-bond acceptors (Lipinski definition) is 6. The second kappa shape index (κ2) is 9.28. The summed E-state index contributed by atoms with van der Waals surface area (Å²) in [5.74, 6) is 0.162. The first kappa shape index (κ1) is 21.1. The van der Waals surface area contributed by atoms with Crippen LogP contribution in [0, 0.1) is 5.82 Å². The predicted octanol–water partition coefficient (Wildman–Crippen LogP) is 2.67. The molecule has 1 atom stereocenters. The Morgan fingerprint density at radius 3 is 2.72 bits per heavy atom. The first-order valence-electron chi connectivity index (χ1n) is 9.66. The van der Waals surface area contributed by atoms with Gasteiger partial charge in [0.05, 0.1) is 24.9 Å². The maximum atomic E-state index is 13.4. The number of carbonyl (C=O) groups excluding carboxylic acids is 1. The highest BCUT2D eigenvalue weighted by atomic mass is 19.1. The van der Waals surface area contributed by atoms with E-state index in [0.29, 0.717) is 31.3 Å². The number of halogens is 1. The van der Waals surface area contributed by atoms with E-state index in [1.807, 2.05) is 27.9 Å². The smallest absolute Gasteiger partial charge is 0.248 e. The van der Waals surface area contributed by atoms with Crippen molar-refractivity contribution in [3.05, 3.63) is 42.0 Å². The number of carbonyl (C=O) groups is 1. The van der Waals surface area contributed by atoms with Crippen LogP contribution < -0.4 is 4.90 Å². The molecule has 1 aromatic carbocycles. The van der Waals surface area contributed by atoms with Crippen molar-refractivity contribution in [3.8, 4) is 11.1 Å². The van der Waals surface area contributed by atoms with Gasteiger partial charge >= 0.3 is 0 Å². The van der Waals surface area contributed by atoms with Gasteiger partial charge in [0.2, 0.25) is 11.9 Å². The first-order chi connectivity index (χ1) is 13.8. The number of aromatic nitrogens is 2. The number of benzene rings is 1. The number of nitrogens with zero attached hydrogens (tertiary/aromatic N) is 4. The van der Waals surface area contributed by atoms with Gasteiger partial charge in [0.25, 0.3) is 0 Å². The summed E-state index contributed by atoms with van der Waals surface area (Å²) in [5, 5.41) is 0. The molecule has 0 N–H and O–H groups in total. The van der Waals surface area contributed by atoms with Crippen LogP contribution in [0.25, 0.3) is 11.1 Å². The van der Waals surface area contributed by atoms with Gasteiger partial charge in [0.15, 0.2) is 0 Å². The van der Waals surface area contributed by atoms with E-state index in [1.54, 1.807) is 28.1 Å². The van der Waals surface area contributed by atoms with Crippen LogP contribution in [0.1, 0.15) is 25.6 Å². The molecule has 1 aliphatic heterocycles. The molecule has 0 aliphatic carbocycles. The Kier molecular flexibility index (Phi) is 6.76. The highest BCUT2D eigenvalue weighted by Crippen LogP contribution is 2.31. The quantitative estimate of drug-likeness (QED) is 0.740. The van der Waals surface area contributed by atoms with Gasteiger partial charge in [-0.05, 0) is 31.5 Å². The number of rotatable bonds is 6. The van der Waals surface area contributed by atoms with E-state index in [2.05, 4.69) is 9.97 Å². The van der Waals surface area contributed by atoms with Gasteiger partial charge in [-0.15, -0.1) is 0 Å². The molecule has 7 nitrogen and oxygen atoms in total. The standard InChI is InChI=1S/C21H27FN4O3/c1-14(2)29-13-19(27)26-9-10-28-18(12-26)20-17(11-23-21(24-20)25(3)4)15-5-7-16(22)8-6-15/h5-8,11,14,18H,9-10,12-13H2,1-4H3/t18-/m1/s1. The maximum absolute atomic E-state index is 13.4. The second-order valence-corrected chi connectivity index (χ2v) is 7.43. The van der Waals surface area contributed by atoms with Gasteiger partial charge in [-0.2, -0.15) is 0 Å². The Balaban J connectivity index is 1.89. The summed E-state index contributed by atoms with van der Waals surface area (Å²) >= 11 is 0. The lowest BCUT2D eigenvalue weighted by Crippen LogP contribution is -2.44. The molecule has 0 spiro atoms. The summed E-state index contributed by atoms with van der Waals surface area (Å²) in [5.41, 5.74) is 2.23. The van der Waals surface area contributed by atoms with Crippen LogP contribution in [0.15, 0.2) is 30.5 Å². The molecule has 2 aromatic rings. The van der Waals surface area contributed by atoms with Crippen molar-refractivity contribution in [1.29, 1.82) is 0 Å². The van der Waals surface area contributed by atoms with E-state index >= 15 is 0 Å². The summed E-state index contributed by atoms with van der Waals surface area (Å²) in [6, 6.07) is 6.18. The van der Waals surface area contributed by atoms with E-state index in [1.165, 1.54) is 12.1 Å². The summed E-state index contributed by atoms with van der Waals surface area (Å²) in [6.07, 6.45) is 1.30. The number of amides is 1. The topological polar surface area (TPSA) is 67.8 Å². The zero-order valence-corrected chi connectivity index (χ0v) is 17.3. The molecule has 1 fully saturated rings. The predicted molar refractivity (Wildman–Crippen MR) is 108 cm³/mol. The fraction of sp³-hybridized carbons (Fsp3) is 0.476. The highest BCUT2D eigenvalue weighted by molar-refractivity contribution is 5.77. The van der Waals surface area contributed by atoms with Gasteiger partial charge in [-0.25, -0.2) is 14.4 Å². The van der Waals surface area contributed by atoms with Crippen LogP contribution in [-0.4, -0.2) is 67.3 Å². The lowest BCUT2D eigenvalue weighted by molar-refractivity contribution is -0.145. The fourth-order valence-electron chi connectivity index (χ4n) is 3.07. The van der Waals surface area contributed by atoms with Crippen LogP contribution in [0.2, 0.25) is 0 Å². The first-order valence-corrected chi connectivity index (χ1v) is 9.66. The Bertz CT molecular complexity index is 842. The monoisotopic (exact) mass is 402 g/mol. The average Bonchev–Trinajstić information content (AvgIpc) is 2.72. The van der Waals surface area contributed by atoms with E-state index in [9.17, 15) is 9.18 Å². The third kappa shape index (κ3) is 5.27. The van der Waals surface area contributed by atoms with Crippen LogP contribution >= 0.6 is 0 Å². The molecule has 0 saturated carbocycles. The minimum atomic E-state index is -0.409. The normalized spacial score (nSPS) is 16.9. The molecule has 29 heavy (non-hydrogen) atoms. The number of hydrogen-bond donors (Lipinski definition) is 0. The number of ether oxygens (including phenoxy) is 2. The largest absolute Gasteiger partial charge is 0.369 e.